The topological polar surface area (TPSA) is 40.5 Å². The van der Waals surface area contributed by atoms with Crippen molar-refractivity contribution in [2.24, 2.45) is 5.92 Å². The van der Waals surface area contributed by atoms with Crippen LogP contribution in [0.3, 0.4) is 0 Å². The van der Waals surface area contributed by atoms with Gasteiger partial charge in [-0.05, 0) is 31.2 Å². The smallest absolute Gasteiger partial charge is 0.307 e. The molecule has 0 heterocycles. The van der Waals surface area contributed by atoms with Crippen LogP contribution in [0.2, 0.25) is 0 Å². The largest absolute Gasteiger partial charge is 0.481 e. The summed E-state index contributed by atoms with van der Waals surface area (Å²) in [7, 11) is 1.87. The van der Waals surface area contributed by atoms with E-state index in [4.69, 9.17) is 5.11 Å². The number of halogens is 1. The van der Waals surface area contributed by atoms with E-state index in [2.05, 4.69) is 0 Å². The summed E-state index contributed by atoms with van der Waals surface area (Å²) in [6, 6.07) is 6.26. The average Bonchev–Trinajstić information content (AvgIpc) is 2.28. The second kappa shape index (κ2) is 6.35. The van der Waals surface area contributed by atoms with E-state index in [1.54, 1.807) is 12.1 Å². The predicted octanol–water partition coefficient (Wildman–Crippen LogP) is 2.37. The maximum Gasteiger partial charge on any atom is 0.307 e. The highest BCUT2D eigenvalue weighted by Crippen LogP contribution is 2.09. The van der Waals surface area contributed by atoms with Gasteiger partial charge in [0.05, 0.1) is 5.92 Å². The zero-order chi connectivity index (χ0) is 12.8. The van der Waals surface area contributed by atoms with Crippen molar-refractivity contribution in [1.82, 2.24) is 4.90 Å². The Kier molecular flexibility index (Phi) is 5.10. The Bertz CT molecular complexity index is 364. The number of rotatable bonds is 6. The lowest BCUT2D eigenvalue weighted by molar-refractivity contribution is -0.142. The normalized spacial score (nSPS) is 12.7. The molecule has 1 aromatic carbocycles. The molecule has 1 N–H and O–H groups in total. The molecule has 0 aromatic heterocycles. The van der Waals surface area contributed by atoms with Crippen LogP contribution in [0.4, 0.5) is 4.39 Å². The Labute approximate surface area is 101 Å². The molecule has 0 aliphatic rings. The molecule has 3 nitrogen and oxygen atoms in total. The van der Waals surface area contributed by atoms with E-state index in [1.165, 1.54) is 12.1 Å². The maximum atomic E-state index is 12.7. The van der Waals surface area contributed by atoms with Gasteiger partial charge >= 0.3 is 5.97 Å². The Morgan fingerprint density at radius 2 is 2.00 bits per heavy atom. The molecule has 0 aliphatic carbocycles. The first-order chi connectivity index (χ1) is 8.02. The van der Waals surface area contributed by atoms with E-state index in [0.717, 1.165) is 5.56 Å². The maximum absolute atomic E-state index is 12.7. The summed E-state index contributed by atoms with van der Waals surface area (Å²) in [4.78, 5) is 12.8. The molecule has 1 aromatic rings. The second-order valence-electron chi connectivity index (χ2n) is 4.27. The molecule has 1 atom stereocenters. The highest BCUT2D eigenvalue weighted by Gasteiger charge is 2.17. The van der Waals surface area contributed by atoms with Crippen molar-refractivity contribution < 1.29 is 14.3 Å². The summed E-state index contributed by atoms with van der Waals surface area (Å²) in [5.74, 6) is -1.37. The molecule has 0 bridgehead atoms. The molecule has 1 unspecified atom stereocenters. The van der Waals surface area contributed by atoms with Gasteiger partial charge in [0.1, 0.15) is 5.82 Å². The summed E-state index contributed by atoms with van der Waals surface area (Å²) >= 11 is 0. The van der Waals surface area contributed by atoms with E-state index >= 15 is 0 Å². The molecule has 0 saturated carbocycles. The van der Waals surface area contributed by atoms with Gasteiger partial charge in [0.25, 0.3) is 0 Å². The number of hydrogen-bond acceptors (Lipinski definition) is 2. The van der Waals surface area contributed by atoms with Crippen LogP contribution in [-0.4, -0.2) is 29.6 Å². The molecule has 0 fully saturated rings. The minimum Gasteiger partial charge on any atom is -0.481 e. The number of carbonyl (C=O) groups is 1. The van der Waals surface area contributed by atoms with Crippen LogP contribution in [0.25, 0.3) is 0 Å². The van der Waals surface area contributed by atoms with Crippen molar-refractivity contribution in [2.75, 3.05) is 13.6 Å². The van der Waals surface area contributed by atoms with Crippen LogP contribution in [0.15, 0.2) is 24.3 Å². The summed E-state index contributed by atoms with van der Waals surface area (Å²) in [5.41, 5.74) is 0.981. The van der Waals surface area contributed by atoms with Crippen LogP contribution in [0, 0.1) is 11.7 Å². The van der Waals surface area contributed by atoms with Crippen LogP contribution in [-0.2, 0) is 11.3 Å². The fraction of sp³-hybridized carbons (Fsp3) is 0.462. The van der Waals surface area contributed by atoms with E-state index in [-0.39, 0.29) is 11.7 Å². The van der Waals surface area contributed by atoms with E-state index in [9.17, 15) is 9.18 Å². The Morgan fingerprint density at radius 1 is 1.41 bits per heavy atom. The number of carboxylic acid groups (broad SMARTS) is 1. The predicted molar refractivity (Wildman–Crippen MR) is 64.2 cm³/mol. The molecule has 4 heteroatoms. The summed E-state index contributed by atoms with van der Waals surface area (Å²) in [6.07, 6.45) is 0.614. The van der Waals surface area contributed by atoms with Crippen molar-refractivity contribution in [3.8, 4) is 0 Å². The van der Waals surface area contributed by atoms with Crippen molar-refractivity contribution in [3.63, 3.8) is 0 Å². The van der Waals surface area contributed by atoms with Crippen molar-refractivity contribution in [3.05, 3.63) is 35.6 Å². The van der Waals surface area contributed by atoms with Crippen LogP contribution >= 0.6 is 0 Å². The van der Waals surface area contributed by atoms with E-state index in [1.807, 2.05) is 18.9 Å². The summed E-state index contributed by atoms with van der Waals surface area (Å²) in [5, 5.41) is 8.95. The SMILES string of the molecule is CCC(CN(C)Cc1ccc(F)cc1)C(=O)O. The molecule has 0 saturated heterocycles. The van der Waals surface area contributed by atoms with Gasteiger partial charge in [-0.2, -0.15) is 0 Å². The standard InChI is InChI=1S/C13H18FNO2/c1-3-11(13(16)17)9-15(2)8-10-4-6-12(14)7-5-10/h4-7,11H,3,8-9H2,1-2H3,(H,16,17). The quantitative estimate of drug-likeness (QED) is 0.828. The Balaban J connectivity index is 2.51. The van der Waals surface area contributed by atoms with Gasteiger partial charge in [-0.1, -0.05) is 19.1 Å². The van der Waals surface area contributed by atoms with Gasteiger partial charge in [0.2, 0.25) is 0 Å². The van der Waals surface area contributed by atoms with Crippen molar-refractivity contribution in [1.29, 1.82) is 0 Å². The number of carboxylic acids is 1. The van der Waals surface area contributed by atoms with Gasteiger partial charge in [0, 0.05) is 13.1 Å². The fourth-order valence-electron chi connectivity index (χ4n) is 1.72. The lowest BCUT2D eigenvalue weighted by Gasteiger charge is -2.20. The molecule has 94 valence electrons. The average molecular weight is 239 g/mol. The number of aliphatic carboxylic acids is 1. The highest BCUT2D eigenvalue weighted by atomic mass is 19.1. The first-order valence-electron chi connectivity index (χ1n) is 5.68. The molecule has 0 aliphatic heterocycles. The third-order valence-electron chi connectivity index (χ3n) is 2.74. The first kappa shape index (κ1) is 13.6. The summed E-state index contributed by atoms with van der Waals surface area (Å²) in [6.45, 7) is 3.00. The molecule has 0 amide bonds. The van der Waals surface area contributed by atoms with Gasteiger partial charge in [-0.3, -0.25) is 4.79 Å². The molecular formula is C13H18FNO2. The molecule has 0 spiro atoms. The zero-order valence-electron chi connectivity index (χ0n) is 10.2. The number of benzene rings is 1. The lowest BCUT2D eigenvalue weighted by Crippen LogP contribution is -2.29. The Hall–Kier alpha value is -1.42. The third-order valence-corrected chi connectivity index (χ3v) is 2.74. The van der Waals surface area contributed by atoms with E-state index < -0.39 is 5.97 Å². The van der Waals surface area contributed by atoms with Crippen molar-refractivity contribution in [2.45, 2.75) is 19.9 Å². The molecule has 1 rings (SSSR count). The van der Waals surface area contributed by atoms with Crippen LogP contribution in [0.5, 0.6) is 0 Å². The zero-order valence-corrected chi connectivity index (χ0v) is 10.2. The third kappa shape index (κ3) is 4.53. The Morgan fingerprint density at radius 3 is 2.47 bits per heavy atom. The van der Waals surface area contributed by atoms with Gasteiger partial charge in [0.15, 0.2) is 0 Å². The first-order valence-corrected chi connectivity index (χ1v) is 5.68. The van der Waals surface area contributed by atoms with Crippen LogP contribution in [0.1, 0.15) is 18.9 Å². The minimum atomic E-state index is -0.765. The van der Waals surface area contributed by atoms with Gasteiger partial charge in [-0.25, -0.2) is 4.39 Å². The second-order valence-corrected chi connectivity index (χ2v) is 4.27. The molecule has 17 heavy (non-hydrogen) atoms. The monoisotopic (exact) mass is 239 g/mol. The number of hydrogen-bond donors (Lipinski definition) is 1. The van der Waals surface area contributed by atoms with E-state index in [0.29, 0.717) is 19.5 Å². The molecular weight excluding hydrogens is 221 g/mol. The highest BCUT2D eigenvalue weighted by molar-refractivity contribution is 5.70. The lowest BCUT2D eigenvalue weighted by atomic mass is 10.1. The minimum absolute atomic E-state index is 0.256. The summed E-state index contributed by atoms with van der Waals surface area (Å²) < 4.78 is 12.7. The van der Waals surface area contributed by atoms with Gasteiger partial charge in [-0.15, -0.1) is 0 Å². The van der Waals surface area contributed by atoms with Crippen molar-refractivity contribution >= 4 is 5.97 Å². The van der Waals surface area contributed by atoms with Crippen LogP contribution < -0.4 is 0 Å². The van der Waals surface area contributed by atoms with Gasteiger partial charge < -0.3 is 10.0 Å². The number of nitrogens with zero attached hydrogens (tertiary/aromatic N) is 1. The fourth-order valence-corrected chi connectivity index (χ4v) is 1.72. The molecule has 0 radical (unpaired) electrons.